The van der Waals surface area contributed by atoms with Crippen LogP contribution in [0.5, 0.6) is 0 Å². The zero-order valence-corrected chi connectivity index (χ0v) is 12.9. The largest absolute Gasteiger partial charge is 0.477 e. The molecule has 0 fully saturated rings. The van der Waals surface area contributed by atoms with Gasteiger partial charge in [-0.1, -0.05) is 11.6 Å². The van der Waals surface area contributed by atoms with Gasteiger partial charge in [0.15, 0.2) is 0 Å². The number of aromatic carboxylic acids is 1. The fourth-order valence-corrected chi connectivity index (χ4v) is 3.89. The molecule has 2 aromatic rings. The van der Waals surface area contributed by atoms with E-state index < -0.39 is 21.8 Å². The molecule has 0 radical (unpaired) electrons. The number of rotatable bonds is 4. The highest BCUT2D eigenvalue weighted by Gasteiger charge is 2.22. The Hall–Kier alpha value is -1.64. The number of thiophene rings is 1. The number of hydrogen-bond donors (Lipinski definition) is 2. The first kappa shape index (κ1) is 15.7. The van der Waals surface area contributed by atoms with Crippen LogP contribution in [-0.2, 0) is 10.0 Å². The highest BCUT2D eigenvalue weighted by atomic mass is 35.5. The van der Waals surface area contributed by atoms with Crippen LogP contribution in [0.4, 0.5) is 10.1 Å². The van der Waals surface area contributed by atoms with E-state index in [-0.39, 0.29) is 20.5 Å². The maximum Gasteiger partial charge on any atom is 0.348 e. The maximum atomic E-state index is 13.1. The molecule has 1 heterocycles. The van der Waals surface area contributed by atoms with E-state index in [0.29, 0.717) is 5.56 Å². The van der Waals surface area contributed by atoms with Crippen molar-refractivity contribution in [1.82, 2.24) is 0 Å². The second-order valence-electron chi connectivity index (χ2n) is 4.11. The van der Waals surface area contributed by atoms with Crippen LogP contribution in [0.2, 0.25) is 5.02 Å². The zero-order valence-electron chi connectivity index (χ0n) is 10.6. The predicted molar refractivity (Wildman–Crippen MR) is 78.2 cm³/mol. The van der Waals surface area contributed by atoms with Crippen molar-refractivity contribution >= 4 is 44.6 Å². The molecule has 0 saturated heterocycles. The van der Waals surface area contributed by atoms with Gasteiger partial charge in [0.1, 0.15) is 10.7 Å². The predicted octanol–water partition coefficient (Wildman–Crippen LogP) is 3.35. The quantitative estimate of drug-likeness (QED) is 0.886. The van der Waals surface area contributed by atoms with Crippen LogP contribution >= 0.6 is 22.9 Å². The molecule has 9 heteroatoms. The van der Waals surface area contributed by atoms with E-state index in [0.717, 1.165) is 29.5 Å². The number of nitrogens with one attached hydrogen (secondary N) is 1. The second kappa shape index (κ2) is 5.63. The van der Waals surface area contributed by atoms with Crippen molar-refractivity contribution in [2.45, 2.75) is 11.8 Å². The first-order valence-electron chi connectivity index (χ1n) is 5.51. The van der Waals surface area contributed by atoms with Gasteiger partial charge in [0.2, 0.25) is 0 Å². The molecule has 0 aliphatic rings. The third-order valence-corrected chi connectivity index (χ3v) is 5.33. The van der Waals surface area contributed by atoms with Gasteiger partial charge >= 0.3 is 5.97 Å². The molecule has 0 atom stereocenters. The van der Waals surface area contributed by atoms with Gasteiger partial charge in [0.05, 0.1) is 15.6 Å². The van der Waals surface area contributed by atoms with E-state index in [4.69, 9.17) is 16.7 Å². The molecule has 0 aliphatic carbocycles. The highest BCUT2D eigenvalue weighted by molar-refractivity contribution is 7.92. The zero-order chi connectivity index (χ0) is 15.8. The normalized spacial score (nSPS) is 11.4. The summed E-state index contributed by atoms with van der Waals surface area (Å²) in [6.07, 6.45) is 0. The van der Waals surface area contributed by atoms with Gasteiger partial charge in [-0.25, -0.2) is 17.6 Å². The number of carbonyl (C=O) groups is 1. The summed E-state index contributed by atoms with van der Waals surface area (Å²) in [7, 11) is -4.06. The summed E-state index contributed by atoms with van der Waals surface area (Å²) in [6.45, 7) is 1.58. The SMILES string of the molecule is Cc1csc(C(=O)O)c1NS(=O)(=O)c1ccc(F)c(Cl)c1. The molecule has 21 heavy (non-hydrogen) atoms. The number of sulfonamides is 1. The number of hydrogen-bond acceptors (Lipinski definition) is 4. The summed E-state index contributed by atoms with van der Waals surface area (Å²) in [5.74, 6) is -1.98. The molecule has 0 spiro atoms. The number of halogens is 2. The summed E-state index contributed by atoms with van der Waals surface area (Å²) in [4.78, 5) is 10.7. The molecule has 0 aliphatic heterocycles. The van der Waals surface area contributed by atoms with Crippen molar-refractivity contribution in [3.63, 3.8) is 0 Å². The molecule has 1 aromatic carbocycles. The monoisotopic (exact) mass is 349 g/mol. The number of carboxylic acids is 1. The minimum atomic E-state index is -4.06. The Kier molecular flexibility index (Phi) is 4.22. The van der Waals surface area contributed by atoms with Gasteiger partial charge in [0, 0.05) is 0 Å². The lowest BCUT2D eigenvalue weighted by atomic mass is 10.3. The van der Waals surface area contributed by atoms with Gasteiger partial charge in [-0.05, 0) is 36.1 Å². The summed E-state index contributed by atoms with van der Waals surface area (Å²) in [5.41, 5.74) is 0.474. The lowest BCUT2D eigenvalue weighted by Crippen LogP contribution is -2.15. The van der Waals surface area contributed by atoms with E-state index >= 15 is 0 Å². The lowest BCUT2D eigenvalue weighted by molar-refractivity contribution is 0.0703. The van der Waals surface area contributed by atoms with Crippen molar-refractivity contribution in [3.8, 4) is 0 Å². The van der Waals surface area contributed by atoms with E-state index in [1.165, 1.54) is 5.38 Å². The molecular formula is C12H9ClFNO4S2. The molecular weight excluding hydrogens is 341 g/mol. The van der Waals surface area contributed by atoms with Crippen LogP contribution in [0.25, 0.3) is 0 Å². The van der Waals surface area contributed by atoms with E-state index in [2.05, 4.69) is 4.72 Å². The van der Waals surface area contributed by atoms with Crippen molar-refractivity contribution in [2.24, 2.45) is 0 Å². The Morgan fingerprint density at radius 3 is 2.67 bits per heavy atom. The summed E-state index contributed by atoms with van der Waals surface area (Å²) in [6, 6.07) is 2.93. The lowest BCUT2D eigenvalue weighted by Gasteiger charge is -2.09. The molecule has 0 unspecified atom stereocenters. The van der Waals surface area contributed by atoms with Crippen molar-refractivity contribution < 1.29 is 22.7 Å². The van der Waals surface area contributed by atoms with Crippen LogP contribution in [0.3, 0.4) is 0 Å². The number of carboxylic acid groups (broad SMARTS) is 1. The Bertz CT molecular complexity index is 817. The van der Waals surface area contributed by atoms with Gasteiger partial charge < -0.3 is 5.11 Å². The fraction of sp³-hybridized carbons (Fsp3) is 0.0833. The minimum absolute atomic E-state index is 0.00653. The van der Waals surface area contributed by atoms with Gasteiger partial charge in [0.25, 0.3) is 10.0 Å². The van der Waals surface area contributed by atoms with Gasteiger partial charge in [-0.15, -0.1) is 11.3 Å². The molecule has 2 rings (SSSR count). The number of benzene rings is 1. The molecule has 0 saturated carbocycles. The number of aryl methyl sites for hydroxylation is 1. The summed E-state index contributed by atoms with van der Waals surface area (Å²) >= 11 is 6.47. The van der Waals surface area contributed by atoms with Crippen LogP contribution < -0.4 is 4.72 Å². The first-order chi connectivity index (χ1) is 9.72. The smallest absolute Gasteiger partial charge is 0.348 e. The van der Waals surface area contributed by atoms with Crippen LogP contribution in [0.1, 0.15) is 15.2 Å². The molecule has 2 N–H and O–H groups in total. The first-order valence-corrected chi connectivity index (χ1v) is 8.25. The third kappa shape index (κ3) is 3.17. The van der Waals surface area contributed by atoms with Crippen LogP contribution in [-0.4, -0.2) is 19.5 Å². The van der Waals surface area contributed by atoms with E-state index in [1.54, 1.807) is 6.92 Å². The molecule has 5 nitrogen and oxygen atoms in total. The Morgan fingerprint density at radius 2 is 2.10 bits per heavy atom. The minimum Gasteiger partial charge on any atom is -0.477 e. The van der Waals surface area contributed by atoms with Crippen molar-refractivity contribution in [1.29, 1.82) is 0 Å². The third-order valence-electron chi connectivity index (χ3n) is 2.61. The molecule has 1 aromatic heterocycles. The molecule has 0 amide bonds. The highest BCUT2D eigenvalue weighted by Crippen LogP contribution is 2.30. The van der Waals surface area contributed by atoms with Crippen molar-refractivity contribution in [3.05, 3.63) is 44.9 Å². The Labute approximate surface area is 129 Å². The number of anilines is 1. The van der Waals surface area contributed by atoms with Gasteiger partial charge in [-0.3, -0.25) is 4.72 Å². The average molecular weight is 350 g/mol. The maximum absolute atomic E-state index is 13.1. The van der Waals surface area contributed by atoms with E-state index in [9.17, 15) is 17.6 Å². The van der Waals surface area contributed by atoms with Crippen molar-refractivity contribution in [2.75, 3.05) is 4.72 Å². The molecule has 0 bridgehead atoms. The van der Waals surface area contributed by atoms with E-state index in [1.807, 2.05) is 0 Å². The van der Waals surface area contributed by atoms with Gasteiger partial charge in [-0.2, -0.15) is 0 Å². The summed E-state index contributed by atoms with van der Waals surface area (Å²) < 4.78 is 39.7. The Balaban J connectivity index is 2.44. The second-order valence-corrected chi connectivity index (χ2v) is 7.08. The summed E-state index contributed by atoms with van der Waals surface area (Å²) in [5, 5.41) is 10.2. The van der Waals surface area contributed by atoms with Crippen LogP contribution in [0.15, 0.2) is 28.5 Å². The topological polar surface area (TPSA) is 83.5 Å². The molecule has 112 valence electrons. The Morgan fingerprint density at radius 1 is 1.43 bits per heavy atom. The fourth-order valence-electron chi connectivity index (χ4n) is 1.57. The standard InChI is InChI=1S/C12H9ClFNO4S2/c1-6-5-20-11(12(16)17)10(6)15-21(18,19)7-2-3-9(14)8(13)4-7/h2-5,15H,1H3,(H,16,17). The van der Waals surface area contributed by atoms with Crippen LogP contribution in [0, 0.1) is 12.7 Å². The average Bonchev–Trinajstić information content (AvgIpc) is 2.74.